The summed E-state index contributed by atoms with van der Waals surface area (Å²) in [6.45, 7) is 4.63. The lowest BCUT2D eigenvalue weighted by Gasteiger charge is -2.32. The Morgan fingerprint density at radius 2 is 2.00 bits per heavy atom. The average Bonchev–Trinajstić information content (AvgIpc) is 3.48. The number of aryl methyl sites for hydroxylation is 1. The predicted molar refractivity (Wildman–Crippen MR) is 149 cm³/mol. The number of carbonyl (C=O) groups excluding carboxylic acids is 1. The number of rotatable bonds is 6. The molecule has 0 spiro atoms. The molecule has 0 aliphatic carbocycles. The van der Waals surface area contributed by atoms with Gasteiger partial charge in [-0.3, -0.25) is 9.48 Å². The molecule has 3 N–H and O–H groups in total. The topological polar surface area (TPSA) is 106 Å². The number of likely N-dealkylation sites (N-methyl/N-ethyl adjacent to an activating group) is 1. The summed E-state index contributed by atoms with van der Waals surface area (Å²) in [4.78, 5) is 18.8. The van der Waals surface area contributed by atoms with Crippen LogP contribution in [0.5, 0.6) is 0 Å². The van der Waals surface area contributed by atoms with Crippen molar-refractivity contribution in [2.45, 2.75) is 32.2 Å². The maximum Gasteiger partial charge on any atom is 0.236 e. The average molecular weight is 509 g/mol. The molecule has 1 aliphatic rings. The molecule has 194 valence electrons. The minimum atomic E-state index is 0.124. The number of hydrogen-bond acceptors (Lipinski definition) is 6. The molecule has 1 unspecified atom stereocenters. The standard InChI is InChI=1S/C29H32N8O/c1-19-23-11-10-21(13-25(23)34-36(19)16-20-7-4-3-5-8-20)24-14-26(37-28(24)29(30)32-18-33-37)22-9-6-12-35(17-22)27(38)15-31-2/h3-5,7-8,10-11,13-14,18,22,31H,6,9,12,15-17H2,1-2H3,(H2,30,32,33). The van der Waals surface area contributed by atoms with E-state index in [1.54, 1.807) is 7.05 Å². The highest BCUT2D eigenvalue weighted by Crippen LogP contribution is 2.37. The zero-order valence-electron chi connectivity index (χ0n) is 21.8. The van der Waals surface area contributed by atoms with Crippen molar-refractivity contribution in [1.29, 1.82) is 0 Å². The molecule has 1 saturated heterocycles. The number of benzene rings is 2. The summed E-state index contributed by atoms with van der Waals surface area (Å²) in [5, 5.41) is 13.6. The number of piperidine rings is 1. The molecule has 5 aromatic rings. The highest BCUT2D eigenvalue weighted by atomic mass is 16.2. The Bertz CT molecular complexity index is 1620. The molecule has 1 fully saturated rings. The lowest BCUT2D eigenvalue weighted by molar-refractivity contribution is -0.131. The Labute approximate surface area is 221 Å². The lowest BCUT2D eigenvalue weighted by atomic mass is 9.94. The van der Waals surface area contributed by atoms with Gasteiger partial charge in [-0.2, -0.15) is 10.2 Å². The summed E-state index contributed by atoms with van der Waals surface area (Å²) in [5.41, 5.74) is 13.5. The van der Waals surface area contributed by atoms with Crippen molar-refractivity contribution in [2.24, 2.45) is 0 Å². The Kier molecular flexibility index (Phi) is 6.29. The zero-order valence-corrected chi connectivity index (χ0v) is 21.8. The number of anilines is 1. The summed E-state index contributed by atoms with van der Waals surface area (Å²) in [5.74, 6) is 0.724. The quantitative estimate of drug-likeness (QED) is 0.363. The third-order valence-corrected chi connectivity index (χ3v) is 7.62. The van der Waals surface area contributed by atoms with Crippen LogP contribution in [0.25, 0.3) is 27.5 Å². The van der Waals surface area contributed by atoms with Crippen molar-refractivity contribution in [3.63, 3.8) is 0 Å². The second-order valence-corrected chi connectivity index (χ2v) is 10.1. The van der Waals surface area contributed by atoms with Crippen LogP contribution in [-0.2, 0) is 11.3 Å². The summed E-state index contributed by atoms with van der Waals surface area (Å²) >= 11 is 0. The molecule has 2 aromatic carbocycles. The monoisotopic (exact) mass is 508 g/mol. The summed E-state index contributed by atoms with van der Waals surface area (Å²) in [6.07, 6.45) is 3.44. The van der Waals surface area contributed by atoms with Crippen LogP contribution in [0.2, 0.25) is 0 Å². The van der Waals surface area contributed by atoms with E-state index in [0.717, 1.165) is 64.9 Å². The van der Waals surface area contributed by atoms with E-state index in [9.17, 15) is 4.79 Å². The van der Waals surface area contributed by atoms with E-state index in [-0.39, 0.29) is 11.8 Å². The minimum absolute atomic E-state index is 0.124. The predicted octanol–water partition coefficient (Wildman–Crippen LogP) is 3.61. The molecule has 1 aliphatic heterocycles. The maximum absolute atomic E-state index is 12.6. The van der Waals surface area contributed by atoms with Crippen molar-refractivity contribution in [2.75, 3.05) is 32.4 Å². The number of hydrogen-bond donors (Lipinski definition) is 2. The van der Waals surface area contributed by atoms with Gasteiger partial charge in [-0.25, -0.2) is 9.50 Å². The van der Waals surface area contributed by atoms with Crippen LogP contribution in [-0.4, -0.2) is 61.9 Å². The number of aromatic nitrogens is 5. The number of amides is 1. The molecule has 9 heteroatoms. The van der Waals surface area contributed by atoms with Gasteiger partial charge < -0.3 is 16.0 Å². The molecule has 3 aromatic heterocycles. The van der Waals surface area contributed by atoms with Gasteiger partial charge in [0.1, 0.15) is 11.8 Å². The van der Waals surface area contributed by atoms with E-state index in [1.165, 1.54) is 11.9 Å². The smallest absolute Gasteiger partial charge is 0.236 e. The molecular formula is C29H32N8O. The van der Waals surface area contributed by atoms with Crippen LogP contribution in [0.15, 0.2) is 60.9 Å². The maximum atomic E-state index is 12.6. The Morgan fingerprint density at radius 3 is 2.82 bits per heavy atom. The summed E-state index contributed by atoms with van der Waals surface area (Å²) in [6, 6.07) is 18.9. The first-order valence-corrected chi connectivity index (χ1v) is 13.1. The van der Waals surface area contributed by atoms with Crippen LogP contribution in [0, 0.1) is 6.92 Å². The molecule has 6 rings (SSSR count). The van der Waals surface area contributed by atoms with E-state index in [4.69, 9.17) is 10.8 Å². The number of carbonyl (C=O) groups is 1. The van der Waals surface area contributed by atoms with Gasteiger partial charge >= 0.3 is 0 Å². The summed E-state index contributed by atoms with van der Waals surface area (Å²) < 4.78 is 3.97. The van der Waals surface area contributed by atoms with Crippen molar-refractivity contribution >= 4 is 28.1 Å². The van der Waals surface area contributed by atoms with Crippen molar-refractivity contribution in [3.8, 4) is 11.1 Å². The molecule has 38 heavy (non-hydrogen) atoms. The van der Waals surface area contributed by atoms with Crippen LogP contribution >= 0.6 is 0 Å². The number of likely N-dealkylation sites (tertiary alicyclic amines) is 1. The van der Waals surface area contributed by atoms with Gasteiger partial charge in [-0.15, -0.1) is 0 Å². The van der Waals surface area contributed by atoms with Gasteiger partial charge in [0.25, 0.3) is 0 Å². The number of nitrogen functional groups attached to an aromatic ring is 1. The highest BCUT2D eigenvalue weighted by Gasteiger charge is 2.28. The van der Waals surface area contributed by atoms with Gasteiger partial charge in [0.2, 0.25) is 5.91 Å². The number of nitrogens with two attached hydrogens (primary N) is 1. The Balaban J connectivity index is 1.40. The van der Waals surface area contributed by atoms with E-state index in [1.807, 2.05) is 15.5 Å². The first kappa shape index (κ1) is 24.1. The molecule has 1 atom stereocenters. The van der Waals surface area contributed by atoms with Crippen LogP contribution in [0.4, 0.5) is 5.82 Å². The molecule has 1 amide bonds. The van der Waals surface area contributed by atoms with Gasteiger partial charge in [0, 0.05) is 41.3 Å². The molecule has 4 heterocycles. The third-order valence-electron chi connectivity index (χ3n) is 7.62. The Hall–Kier alpha value is -4.24. The number of nitrogens with one attached hydrogen (secondary N) is 1. The van der Waals surface area contributed by atoms with Crippen molar-refractivity contribution in [3.05, 3.63) is 77.9 Å². The normalized spacial score (nSPS) is 15.9. The third kappa shape index (κ3) is 4.28. The van der Waals surface area contributed by atoms with Gasteiger partial charge in [0.05, 0.1) is 18.6 Å². The molecule has 0 radical (unpaired) electrons. The molecule has 0 bridgehead atoms. The lowest BCUT2D eigenvalue weighted by Crippen LogP contribution is -2.43. The zero-order chi connectivity index (χ0) is 26.2. The molecular weight excluding hydrogens is 476 g/mol. The SMILES string of the molecule is CNCC(=O)N1CCCC(c2cc(-c3ccc4c(C)n(Cc5ccccc5)nc4c3)c3c(N)ncnn23)C1. The van der Waals surface area contributed by atoms with Crippen molar-refractivity contribution in [1.82, 2.24) is 34.6 Å². The fourth-order valence-corrected chi connectivity index (χ4v) is 5.65. The van der Waals surface area contributed by atoms with E-state index in [2.05, 4.69) is 75.5 Å². The van der Waals surface area contributed by atoms with Gasteiger partial charge in [-0.05, 0) is 50.1 Å². The number of fused-ring (bicyclic) bond motifs is 2. The minimum Gasteiger partial charge on any atom is -0.382 e. The fraction of sp³-hybridized carbons (Fsp3) is 0.310. The first-order valence-electron chi connectivity index (χ1n) is 13.1. The van der Waals surface area contributed by atoms with Crippen LogP contribution in [0.1, 0.15) is 35.7 Å². The molecule has 9 nitrogen and oxygen atoms in total. The highest BCUT2D eigenvalue weighted by molar-refractivity contribution is 5.93. The second-order valence-electron chi connectivity index (χ2n) is 10.1. The number of nitrogens with zero attached hydrogens (tertiary/aromatic N) is 6. The summed E-state index contributed by atoms with van der Waals surface area (Å²) in [7, 11) is 1.80. The van der Waals surface area contributed by atoms with Gasteiger partial charge in [-0.1, -0.05) is 42.5 Å². The van der Waals surface area contributed by atoms with E-state index < -0.39 is 0 Å². The largest absolute Gasteiger partial charge is 0.382 e. The first-order chi connectivity index (χ1) is 18.5. The van der Waals surface area contributed by atoms with Gasteiger partial charge in [0.15, 0.2) is 5.82 Å². The van der Waals surface area contributed by atoms with E-state index >= 15 is 0 Å². The van der Waals surface area contributed by atoms with Crippen LogP contribution < -0.4 is 11.1 Å². The van der Waals surface area contributed by atoms with E-state index in [0.29, 0.717) is 18.9 Å². The fourth-order valence-electron chi connectivity index (χ4n) is 5.65. The second kappa shape index (κ2) is 9.90. The van der Waals surface area contributed by atoms with Crippen LogP contribution in [0.3, 0.4) is 0 Å². The van der Waals surface area contributed by atoms with Crippen molar-refractivity contribution < 1.29 is 4.79 Å². The molecule has 0 saturated carbocycles. The Morgan fingerprint density at radius 1 is 1.16 bits per heavy atom.